The zero-order valence-corrected chi connectivity index (χ0v) is 12.9. The van der Waals surface area contributed by atoms with E-state index in [9.17, 15) is 4.79 Å². The molecule has 6 nitrogen and oxygen atoms in total. The normalized spacial score (nSPS) is 11.0. The topological polar surface area (TPSA) is 80.9 Å². The molecule has 0 aromatic carbocycles. The summed E-state index contributed by atoms with van der Waals surface area (Å²) in [4.78, 5) is 23.9. The Labute approximate surface area is 133 Å². The predicted molar refractivity (Wildman–Crippen MR) is 87.0 cm³/mol. The molecule has 0 saturated carbocycles. The van der Waals surface area contributed by atoms with Crippen molar-refractivity contribution in [1.29, 1.82) is 0 Å². The molecule has 23 heavy (non-hydrogen) atoms. The number of aliphatic carboxylic acids is 1. The van der Waals surface area contributed by atoms with Crippen molar-refractivity contribution in [2.75, 3.05) is 0 Å². The number of rotatable bonds is 6. The van der Waals surface area contributed by atoms with E-state index in [-0.39, 0.29) is 6.42 Å². The highest BCUT2D eigenvalue weighted by molar-refractivity contribution is 5.77. The van der Waals surface area contributed by atoms with E-state index < -0.39 is 5.97 Å². The lowest BCUT2D eigenvalue weighted by Crippen LogP contribution is -2.03. The Morgan fingerprint density at radius 2 is 2.04 bits per heavy atom. The van der Waals surface area contributed by atoms with E-state index in [1.165, 1.54) is 0 Å². The molecule has 0 aliphatic heterocycles. The zero-order chi connectivity index (χ0) is 16.2. The van der Waals surface area contributed by atoms with Crippen molar-refractivity contribution >= 4 is 17.1 Å². The van der Waals surface area contributed by atoms with Gasteiger partial charge in [-0.3, -0.25) is 9.78 Å². The number of aromatic nitrogens is 4. The maximum atomic E-state index is 10.7. The Kier molecular flexibility index (Phi) is 4.32. The van der Waals surface area contributed by atoms with Crippen LogP contribution in [-0.2, 0) is 11.3 Å². The molecule has 1 N–H and O–H groups in total. The molecule has 118 valence electrons. The number of aryl methyl sites for hydroxylation is 2. The van der Waals surface area contributed by atoms with Crippen LogP contribution in [0.2, 0.25) is 0 Å². The van der Waals surface area contributed by atoms with E-state index in [0.717, 1.165) is 34.5 Å². The number of carboxylic acids is 1. The first-order valence-corrected chi connectivity index (χ1v) is 7.60. The summed E-state index contributed by atoms with van der Waals surface area (Å²) < 4.78 is 2.06. The van der Waals surface area contributed by atoms with Crippen LogP contribution >= 0.6 is 0 Å². The van der Waals surface area contributed by atoms with Crippen molar-refractivity contribution in [2.45, 2.75) is 32.7 Å². The minimum atomic E-state index is -0.761. The van der Waals surface area contributed by atoms with Crippen LogP contribution in [0.15, 0.2) is 36.8 Å². The maximum absolute atomic E-state index is 10.7. The van der Waals surface area contributed by atoms with Crippen molar-refractivity contribution in [3.05, 3.63) is 42.4 Å². The number of unbranched alkanes of at least 4 members (excludes halogenated alkanes) is 1. The number of hydrogen-bond donors (Lipinski definition) is 1. The van der Waals surface area contributed by atoms with Gasteiger partial charge in [-0.1, -0.05) is 0 Å². The second-order valence-electron chi connectivity index (χ2n) is 5.53. The van der Waals surface area contributed by atoms with E-state index in [2.05, 4.69) is 14.5 Å². The van der Waals surface area contributed by atoms with E-state index in [4.69, 9.17) is 10.1 Å². The second kappa shape index (κ2) is 6.56. The average molecular weight is 310 g/mol. The van der Waals surface area contributed by atoms with Crippen molar-refractivity contribution < 1.29 is 9.90 Å². The highest BCUT2D eigenvalue weighted by atomic mass is 16.4. The van der Waals surface area contributed by atoms with Crippen LogP contribution in [-0.4, -0.2) is 30.6 Å². The molecule has 0 amide bonds. The first-order chi connectivity index (χ1) is 11.1. The molecule has 0 aliphatic rings. The Morgan fingerprint density at radius 3 is 2.78 bits per heavy atom. The van der Waals surface area contributed by atoms with Crippen LogP contribution in [0.1, 0.15) is 24.8 Å². The van der Waals surface area contributed by atoms with Crippen molar-refractivity contribution in [1.82, 2.24) is 19.5 Å². The van der Waals surface area contributed by atoms with Gasteiger partial charge in [0.2, 0.25) is 0 Å². The first-order valence-electron chi connectivity index (χ1n) is 7.60. The van der Waals surface area contributed by atoms with Gasteiger partial charge < -0.3 is 9.67 Å². The fraction of sp³-hybridized carbons (Fsp3) is 0.294. The third kappa shape index (κ3) is 3.36. The number of pyridine rings is 2. The minimum absolute atomic E-state index is 0.184. The Morgan fingerprint density at radius 1 is 1.26 bits per heavy atom. The number of carbonyl (C=O) groups is 1. The summed E-state index contributed by atoms with van der Waals surface area (Å²) in [6.07, 6.45) is 6.89. The highest BCUT2D eigenvalue weighted by Crippen LogP contribution is 2.24. The zero-order valence-electron chi connectivity index (χ0n) is 12.9. The van der Waals surface area contributed by atoms with Crippen molar-refractivity contribution in [3.63, 3.8) is 0 Å². The van der Waals surface area contributed by atoms with Crippen LogP contribution in [0.5, 0.6) is 0 Å². The number of carboxylic acid groups (broad SMARTS) is 1. The van der Waals surface area contributed by atoms with E-state index in [1.807, 2.05) is 31.3 Å². The number of fused-ring (bicyclic) bond motifs is 1. The number of imidazole rings is 1. The van der Waals surface area contributed by atoms with Crippen LogP contribution in [0, 0.1) is 6.92 Å². The molecule has 0 atom stereocenters. The minimum Gasteiger partial charge on any atom is -0.481 e. The molecule has 0 spiro atoms. The standard InChI is InChI=1S/C17H18N4O2/c1-12-10-14-17(19-11-12)21(9-3-2-4-15(22)23)16(20-14)13-5-7-18-8-6-13/h5-8,10-11H,2-4,9H2,1H3,(H,22,23). The van der Waals surface area contributed by atoms with Gasteiger partial charge in [-0.05, 0) is 43.5 Å². The van der Waals surface area contributed by atoms with Gasteiger partial charge in [0.05, 0.1) is 0 Å². The summed E-state index contributed by atoms with van der Waals surface area (Å²) in [7, 11) is 0. The molecule has 0 radical (unpaired) electrons. The van der Waals surface area contributed by atoms with E-state index >= 15 is 0 Å². The largest absolute Gasteiger partial charge is 0.481 e. The molecule has 3 rings (SSSR count). The van der Waals surface area contributed by atoms with Crippen molar-refractivity contribution in [2.24, 2.45) is 0 Å². The fourth-order valence-electron chi connectivity index (χ4n) is 2.59. The Hall–Kier alpha value is -2.76. The SMILES string of the molecule is Cc1cnc2c(c1)nc(-c1ccncc1)n2CCCCC(=O)O. The summed E-state index contributed by atoms with van der Waals surface area (Å²) in [6.45, 7) is 2.68. The molecule has 0 aliphatic carbocycles. The molecular formula is C17H18N4O2. The highest BCUT2D eigenvalue weighted by Gasteiger charge is 2.13. The molecule has 0 unspecified atom stereocenters. The van der Waals surface area contributed by atoms with Gasteiger partial charge in [-0.2, -0.15) is 0 Å². The summed E-state index contributed by atoms with van der Waals surface area (Å²) in [5, 5.41) is 8.77. The molecule has 0 fully saturated rings. The monoisotopic (exact) mass is 310 g/mol. The third-order valence-corrected chi connectivity index (χ3v) is 3.68. The van der Waals surface area contributed by atoms with Gasteiger partial charge in [0.15, 0.2) is 5.65 Å². The molecule has 3 heterocycles. The molecule has 0 bridgehead atoms. The molecule has 6 heteroatoms. The van der Waals surface area contributed by atoms with Crippen LogP contribution in [0.4, 0.5) is 0 Å². The lowest BCUT2D eigenvalue weighted by atomic mass is 10.2. The lowest BCUT2D eigenvalue weighted by Gasteiger charge is -2.08. The van der Waals surface area contributed by atoms with Gasteiger partial charge in [0.1, 0.15) is 11.3 Å². The summed E-state index contributed by atoms with van der Waals surface area (Å²) in [5.74, 6) is 0.0828. The van der Waals surface area contributed by atoms with Crippen LogP contribution in [0.25, 0.3) is 22.6 Å². The van der Waals surface area contributed by atoms with Gasteiger partial charge >= 0.3 is 5.97 Å². The molecular weight excluding hydrogens is 292 g/mol. The van der Waals surface area contributed by atoms with E-state index in [0.29, 0.717) is 13.0 Å². The summed E-state index contributed by atoms with van der Waals surface area (Å²) >= 11 is 0. The van der Waals surface area contributed by atoms with Crippen molar-refractivity contribution in [3.8, 4) is 11.4 Å². The molecule has 0 saturated heterocycles. The van der Waals surface area contributed by atoms with Gasteiger partial charge in [0, 0.05) is 37.1 Å². The van der Waals surface area contributed by atoms with Crippen LogP contribution in [0.3, 0.4) is 0 Å². The summed E-state index contributed by atoms with van der Waals surface area (Å²) in [5.41, 5.74) is 3.73. The number of hydrogen-bond acceptors (Lipinski definition) is 4. The van der Waals surface area contributed by atoms with Gasteiger partial charge in [-0.15, -0.1) is 0 Å². The van der Waals surface area contributed by atoms with Gasteiger partial charge in [0.25, 0.3) is 0 Å². The average Bonchev–Trinajstić information content (AvgIpc) is 2.90. The molecule has 3 aromatic rings. The van der Waals surface area contributed by atoms with E-state index in [1.54, 1.807) is 12.4 Å². The Bertz CT molecular complexity index is 827. The smallest absolute Gasteiger partial charge is 0.303 e. The lowest BCUT2D eigenvalue weighted by molar-refractivity contribution is -0.137. The summed E-state index contributed by atoms with van der Waals surface area (Å²) in [6, 6.07) is 5.85. The fourth-order valence-corrected chi connectivity index (χ4v) is 2.59. The van der Waals surface area contributed by atoms with Gasteiger partial charge in [-0.25, -0.2) is 9.97 Å². The second-order valence-corrected chi connectivity index (χ2v) is 5.53. The predicted octanol–water partition coefficient (Wildman–Crippen LogP) is 3.06. The first kappa shape index (κ1) is 15.1. The van der Waals surface area contributed by atoms with Crippen LogP contribution < -0.4 is 0 Å². The Balaban J connectivity index is 1.97. The third-order valence-electron chi connectivity index (χ3n) is 3.68. The quantitative estimate of drug-likeness (QED) is 0.708. The molecule has 3 aromatic heterocycles. The number of nitrogens with zero attached hydrogens (tertiary/aromatic N) is 4. The maximum Gasteiger partial charge on any atom is 0.303 e.